The number of hydrogen-bond donors (Lipinski definition) is 0. The van der Waals surface area contributed by atoms with Crippen LogP contribution in [0.15, 0.2) is 11.7 Å². The predicted molar refractivity (Wildman–Crippen MR) is 74.1 cm³/mol. The molecule has 1 aromatic heterocycles. The highest BCUT2D eigenvalue weighted by molar-refractivity contribution is 7.09. The van der Waals surface area contributed by atoms with Gasteiger partial charge in [-0.15, -0.1) is 11.3 Å². The van der Waals surface area contributed by atoms with Gasteiger partial charge in [0.05, 0.1) is 5.51 Å². The minimum atomic E-state index is 0.767. The lowest BCUT2D eigenvalue weighted by Crippen LogP contribution is -2.37. The second kappa shape index (κ2) is 6.13. The van der Waals surface area contributed by atoms with Crippen LogP contribution in [0.1, 0.15) is 36.5 Å². The van der Waals surface area contributed by atoms with Gasteiger partial charge in [0.25, 0.3) is 0 Å². The van der Waals surface area contributed by atoms with E-state index in [1.165, 1.54) is 50.2 Å². The molecule has 0 spiro atoms. The van der Waals surface area contributed by atoms with Gasteiger partial charge >= 0.3 is 0 Å². The van der Waals surface area contributed by atoms with Gasteiger partial charge in [0.1, 0.15) is 0 Å². The molecular formula is C14H22N2OS. The number of ether oxygens (including phenoxy) is 1. The molecule has 2 aliphatic heterocycles. The highest BCUT2D eigenvalue weighted by atomic mass is 32.1. The van der Waals surface area contributed by atoms with Crippen molar-refractivity contribution in [1.82, 2.24) is 9.88 Å². The molecule has 2 fully saturated rings. The minimum Gasteiger partial charge on any atom is -0.381 e. The van der Waals surface area contributed by atoms with E-state index in [0.717, 1.165) is 25.0 Å². The molecule has 100 valence electrons. The summed E-state index contributed by atoms with van der Waals surface area (Å²) < 4.78 is 5.43. The van der Waals surface area contributed by atoms with Crippen LogP contribution in [0.2, 0.25) is 0 Å². The SMILES string of the molecule is c1ncc(C2CCN(CC3CCOCC3)CC2)s1. The first-order valence-corrected chi connectivity index (χ1v) is 7.98. The van der Waals surface area contributed by atoms with Crippen LogP contribution in [-0.4, -0.2) is 42.7 Å². The summed E-state index contributed by atoms with van der Waals surface area (Å²) in [5, 5.41) is 0. The standard InChI is InChI=1S/C14H22N2OS/c1-5-16(10-12-3-7-17-8-4-12)6-2-13(1)14-9-15-11-18-14/h9,11-13H,1-8,10H2. The van der Waals surface area contributed by atoms with Gasteiger partial charge in [0, 0.05) is 30.8 Å². The Balaban J connectivity index is 1.45. The van der Waals surface area contributed by atoms with E-state index < -0.39 is 0 Å². The Bertz CT molecular complexity index is 341. The number of thiazole rings is 1. The second-order valence-electron chi connectivity index (χ2n) is 5.53. The molecule has 0 saturated carbocycles. The first-order valence-electron chi connectivity index (χ1n) is 7.10. The molecule has 4 heteroatoms. The molecule has 2 aliphatic rings. The number of aromatic nitrogens is 1. The highest BCUT2D eigenvalue weighted by Gasteiger charge is 2.24. The molecule has 3 rings (SSSR count). The van der Waals surface area contributed by atoms with E-state index >= 15 is 0 Å². The maximum absolute atomic E-state index is 5.43. The van der Waals surface area contributed by atoms with Gasteiger partial charge in [-0.3, -0.25) is 4.98 Å². The fourth-order valence-electron chi connectivity index (χ4n) is 3.12. The van der Waals surface area contributed by atoms with Crippen LogP contribution in [0.3, 0.4) is 0 Å². The molecule has 18 heavy (non-hydrogen) atoms. The molecule has 0 unspecified atom stereocenters. The molecule has 0 atom stereocenters. The van der Waals surface area contributed by atoms with Gasteiger partial charge in [0.15, 0.2) is 0 Å². The molecule has 0 N–H and O–H groups in total. The van der Waals surface area contributed by atoms with Gasteiger partial charge < -0.3 is 9.64 Å². The van der Waals surface area contributed by atoms with E-state index in [2.05, 4.69) is 16.1 Å². The largest absolute Gasteiger partial charge is 0.381 e. The fourth-order valence-corrected chi connectivity index (χ4v) is 3.91. The Labute approximate surface area is 113 Å². The summed E-state index contributed by atoms with van der Waals surface area (Å²) in [7, 11) is 0. The van der Waals surface area contributed by atoms with Gasteiger partial charge in [0.2, 0.25) is 0 Å². The monoisotopic (exact) mass is 266 g/mol. The van der Waals surface area contributed by atoms with E-state index in [1.54, 1.807) is 0 Å². The first-order chi connectivity index (χ1) is 8.92. The number of piperidine rings is 1. The van der Waals surface area contributed by atoms with Crippen molar-refractivity contribution >= 4 is 11.3 Å². The molecule has 3 nitrogen and oxygen atoms in total. The van der Waals surface area contributed by atoms with Gasteiger partial charge in [-0.25, -0.2) is 0 Å². The number of likely N-dealkylation sites (tertiary alicyclic amines) is 1. The van der Waals surface area contributed by atoms with Crippen molar-refractivity contribution in [3.8, 4) is 0 Å². The zero-order chi connectivity index (χ0) is 12.2. The van der Waals surface area contributed by atoms with Gasteiger partial charge in [-0.2, -0.15) is 0 Å². The molecule has 0 bridgehead atoms. The molecule has 0 amide bonds. The van der Waals surface area contributed by atoms with Crippen molar-refractivity contribution in [3.63, 3.8) is 0 Å². The topological polar surface area (TPSA) is 25.4 Å². The lowest BCUT2D eigenvalue weighted by Gasteiger charge is -2.35. The first kappa shape index (κ1) is 12.6. The van der Waals surface area contributed by atoms with Crippen molar-refractivity contribution in [3.05, 3.63) is 16.6 Å². The summed E-state index contributed by atoms with van der Waals surface area (Å²) >= 11 is 1.82. The van der Waals surface area contributed by atoms with Crippen LogP contribution < -0.4 is 0 Å². The summed E-state index contributed by atoms with van der Waals surface area (Å²) in [6.07, 6.45) is 7.20. The molecule has 0 aliphatic carbocycles. The summed E-state index contributed by atoms with van der Waals surface area (Å²) in [5.74, 6) is 1.64. The Kier molecular flexibility index (Phi) is 4.28. The fraction of sp³-hybridized carbons (Fsp3) is 0.786. The third kappa shape index (κ3) is 3.11. The summed E-state index contributed by atoms with van der Waals surface area (Å²) in [5.41, 5.74) is 1.96. The maximum atomic E-state index is 5.43. The zero-order valence-electron chi connectivity index (χ0n) is 10.9. The number of hydrogen-bond acceptors (Lipinski definition) is 4. The second-order valence-corrected chi connectivity index (χ2v) is 6.45. The lowest BCUT2D eigenvalue weighted by atomic mass is 9.93. The Morgan fingerprint density at radius 1 is 1.22 bits per heavy atom. The molecular weight excluding hydrogens is 244 g/mol. The third-order valence-corrected chi connectivity index (χ3v) is 5.24. The normalized spacial score (nSPS) is 24.4. The van der Waals surface area contributed by atoms with Crippen LogP contribution in [0.4, 0.5) is 0 Å². The molecule has 0 aromatic carbocycles. The van der Waals surface area contributed by atoms with E-state index in [0.29, 0.717) is 0 Å². The van der Waals surface area contributed by atoms with Crippen molar-refractivity contribution in [2.75, 3.05) is 32.8 Å². The average Bonchev–Trinajstić information content (AvgIpc) is 2.95. The highest BCUT2D eigenvalue weighted by Crippen LogP contribution is 2.30. The third-order valence-electron chi connectivity index (χ3n) is 4.30. The zero-order valence-corrected chi connectivity index (χ0v) is 11.7. The van der Waals surface area contributed by atoms with Gasteiger partial charge in [-0.05, 0) is 50.6 Å². The predicted octanol–water partition coefficient (Wildman–Crippen LogP) is 2.75. The molecule has 0 radical (unpaired) electrons. The Hall–Kier alpha value is -0.450. The van der Waals surface area contributed by atoms with Crippen LogP contribution in [-0.2, 0) is 4.74 Å². The molecule has 3 heterocycles. The average molecular weight is 266 g/mol. The van der Waals surface area contributed by atoms with Crippen LogP contribution in [0.25, 0.3) is 0 Å². The van der Waals surface area contributed by atoms with Crippen molar-refractivity contribution in [1.29, 1.82) is 0 Å². The van der Waals surface area contributed by atoms with Crippen LogP contribution >= 0.6 is 11.3 Å². The van der Waals surface area contributed by atoms with Crippen molar-refractivity contribution < 1.29 is 4.74 Å². The van der Waals surface area contributed by atoms with E-state index in [1.807, 2.05) is 16.8 Å². The van der Waals surface area contributed by atoms with Crippen molar-refractivity contribution in [2.45, 2.75) is 31.6 Å². The number of nitrogens with zero attached hydrogens (tertiary/aromatic N) is 2. The summed E-state index contributed by atoms with van der Waals surface area (Å²) in [4.78, 5) is 8.35. The molecule has 2 saturated heterocycles. The van der Waals surface area contributed by atoms with Crippen LogP contribution in [0.5, 0.6) is 0 Å². The smallest absolute Gasteiger partial charge is 0.0794 e. The van der Waals surface area contributed by atoms with Crippen molar-refractivity contribution in [2.24, 2.45) is 5.92 Å². The van der Waals surface area contributed by atoms with Crippen LogP contribution in [0, 0.1) is 5.92 Å². The van der Waals surface area contributed by atoms with E-state index in [9.17, 15) is 0 Å². The van der Waals surface area contributed by atoms with E-state index in [4.69, 9.17) is 4.74 Å². The minimum absolute atomic E-state index is 0.767. The molecule has 1 aromatic rings. The Morgan fingerprint density at radius 2 is 2.00 bits per heavy atom. The quantitative estimate of drug-likeness (QED) is 0.841. The summed E-state index contributed by atoms with van der Waals surface area (Å²) in [6.45, 7) is 5.77. The van der Waals surface area contributed by atoms with Gasteiger partial charge in [-0.1, -0.05) is 0 Å². The van der Waals surface area contributed by atoms with E-state index in [-0.39, 0.29) is 0 Å². The lowest BCUT2D eigenvalue weighted by molar-refractivity contribution is 0.0488. The number of rotatable bonds is 3. The Morgan fingerprint density at radius 3 is 2.67 bits per heavy atom. The maximum Gasteiger partial charge on any atom is 0.0794 e. The summed E-state index contributed by atoms with van der Waals surface area (Å²) in [6, 6.07) is 0.